The van der Waals surface area contributed by atoms with Crippen LogP contribution in [0.2, 0.25) is 0 Å². The highest BCUT2D eigenvalue weighted by atomic mass is 16.3. The summed E-state index contributed by atoms with van der Waals surface area (Å²) in [5, 5.41) is 17.6. The number of para-hydroxylation sites is 1. The van der Waals surface area contributed by atoms with E-state index >= 15 is 0 Å². The molecule has 0 aliphatic carbocycles. The number of carbonyl (C=O) groups is 1. The van der Waals surface area contributed by atoms with Gasteiger partial charge in [0.15, 0.2) is 0 Å². The molecule has 0 saturated heterocycles. The third kappa shape index (κ3) is 3.64. The van der Waals surface area contributed by atoms with Crippen molar-refractivity contribution < 1.29 is 14.3 Å². The molecule has 3 aromatic rings. The first-order valence-electron chi connectivity index (χ1n) is 8.05. The predicted octanol–water partition coefficient (Wildman–Crippen LogP) is 2.72. The van der Waals surface area contributed by atoms with Crippen LogP contribution in [0.1, 0.15) is 34.4 Å². The molecule has 2 N–H and O–H groups in total. The molecule has 2 aromatic heterocycles. The zero-order valence-corrected chi connectivity index (χ0v) is 14.5. The maximum absolute atomic E-state index is 12.4. The van der Waals surface area contributed by atoms with Crippen LogP contribution in [0.4, 0.5) is 0 Å². The van der Waals surface area contributed by atoms with E-state index in [1.54, 1.807) is 30.8 Å². The number of rotatable bonds is 5. The fraction of sp³-hybridized carbons (Fsp3) is 0.263. The van der Waals surface area contributed by atoms with E-state index in [9.17, 15) is 9.90 Å². The van der Waals surface area contributed by atoms with E-state index < -0.39 is 5.60 Å². The van der Waals surface area contributed by atoms with Gasteiger partial charge in [0.2, 0.25) is 0 Å². The molecule has 0 fully saturated rings. The summed E-state index contributed by atoms with van der Waals surface area (Å²) in [4.78, 5) is 12.4. The number of aliphatic hydroxyl groups is 1. The van der Waals surface area contributed by atoms with Gasteiger partial charge in [-0.25, -0.2) is 4.68 Å². The highest BCUT2D eigenvalue weighted by molar-refractivity contribution is 5.93. The predicted molar refractivity (Wildman–Crippen MR) is 93.7 cm³/mol. The third-order valence-electron chi connectivity index (χ3n) is 4.08. The van der Waals surface area contributed by atoms with Crippen molar-refractivity contribution in [1.29, 1.82) is 0 Å². The van der Waals surface area contributed by atoms with Gasteiger partial charge in [-0.15, -0.1) is 0 Å². The van der Waals surface area contributed by atoms with Crippen LogP contribution in [-0.2, 0) is 5.60 Å². The normalized spacial score (nSPS) is 13.4. The monoisotopic (exact) mass is 339 g/mol. The molecule has 3 rings (SSSR count). The number of aryl methyl sites for hydroxylation is 2. The van der Waals surface area contributed by atoms with Crippen LogP contribution in [0.5, 0.6) is 0 Å². The van der Waals surface area contributed by atoms with Crippen molar-refractivity contribution in [3.63, 3.8) is 0 Å². The summed E-state index contributed by atoms with van der Waals surface area (Å²) in [5.74, 6) is 1.08. The standard InChI is InChI=1S/C19H21N3O3/c1-13-9-17(14(2)25-13)19(3,24)12-20-18(23)15-10-21-22(11-15)16-7-5-4-6-8-16/h4-11,24H,12H2,1-3H3,(H,20,23)/t19-/m1/s1. The molecule has 2 heterocycles. The molecule has 0 aliphatic rings. The zero-order valence-electron chi connectivity index (χ0n) is 14.5. The van der Waals surface area contributed by atoms with Crippen LogP contribution in [0.15, 0.2) is 53.2 Å². The van der Waals surface area contributed by atoms with Gasteiger partial charge in [0.1, 0.15) is 17.1 Å². The molecule has 130 valence electrons. The molecule has 0 unspecified atom stereocenters. The fourth-order valence-electron chi connectivity index (χ4n) is 2.78. The molecular formula is C19H21N3O3. The van der Waals surface area contributed by atoms with E-state index in [0.29, 0.717) is 16.9 Å². The lowest BCUT2D eigenvalue weighted by Gasteiger charge is -2.23. The lowest BCUT2D eigenvalue weighted by atomic mass is 9.96. The van der Waals surface area contributed by atoms with E-state index in [-0.39, 0.29) is 12.5 Å². The van der Waals surface area contributed by atoms with E-state index in [0.717, 1.165) is 11.4 Å². The molecule has 0 aliphatic heterocycles. The Hall–Kier alpha value is -2.86. The number of carbonyl (C=O) groups excluding carboxylic acids is 1. The number of nitrogens with one attached hydrogen (secondary N) is 1. The molecule has 0 bridgehead atoms. The second kappa shape index (κ2) is 6.57. The molecule has 25 heavy (non-hydrogen) atoms. The molecule has 1 amide bonds. The summed E-state index contributed by atoms with van der Waals surface area (Å²) in [7, 11) is 0. The molecular weight excluding hydrogens is 318 g/mol. The van der Waals surface area contributed by atoms with E-state index in [4.69, 9.17) is 4.42 Å². The number of nitrogens with zero attached hydrogens (tertiary/aromatic N) is 2. The smallest absolute Gasteiger partial charge is 0.254 e. The van der Waals surface area contributed by atoms with Crippen molar-refractivity contribution >= 4 is 5.91 Å². The molecule has 6 nitrogen and oxygen atoms in total. The van der Waals surface area contributed by atoms with Crippen LogP contribution in [0.3, 0.4) is 0 Å². The number of aromatic nitrogens is 2. The van der Waals surface area contributed by atoms with Crippen LogP contribution in [0.25, 0.3) is 5.69 Å². The van der Waals surface area contributed by atoms with Crippen LogP contribution in [0, 0.1) is 13.8 Å². The Morgan fingerprint density at radius 1 is 1.32 bits per heavy atom. The molecule has 0 radical (unpaired) electrons. The van der Waals surface area contributed by atoms with Crippen LogP contribution < -0.4 is 5.32 Å². The molecule has 1 atom stereocenters. The van der Waals surface area contributed by atoms with Gasteiger partial charge in [-0.1, -0.05) is 18.2 Å². The van der Waals surface area contributed by atoms with Gasteiger partial charge in [-0.2, -0.15) is 5.10 Å². The van der Waals surface area contributed by atoms with Gasteiger partial charge in [-0.3, -0.25) is 4.79 Å². The Bertz CT molecular complexity index is 878. The topological polar surface area (TPSA) is 80.3 Å². The first-order chi connectivity index (χ1) is 11.9. The zero-order chi connectivity index (χ0) is 18.0. The minimum Gasteiger partial charge on any atom is -0.466 e. The number of hydrogen-bond acceptors (Lipinski definition) is 4. The Morgan fingerprint density at radius 3 is 2.68 bits per heavy atom. The van der Waals surface area contributed by atoms with Gasteiger partial charge in [0, 0.05) is 11.8 Å². The Labute approximate surface area is 146 Å². The third-order valence-corrected chi connectivity index (χ3v) is 4.08. The average Bonchev–Trinajstić information content (AvgIpc) is 3.20. The molecule has 1 aromatic carbocycles. The van der Waals surface area contributed by atoms with Gasteiger partial charge in [-0.05, 0) is 39.0 Å². The average molecular weight is 339 g/mol. The van der Waals surface area contributed by atoms with Crippen molar-refractivity contribution in [2.24, 2.45) is 0 Å². The highest BCUT2D eigenvalue weighted by Gasteiger charge is 2.28. The Kier molecular flexibility index (Phi) is 4.46. The largest absolute Gasteiger partial charge is 0.466 e. The number of hydrogen-bond donors (Lipinski definition) is 2. The van der Waals surface area contributed by atoms with Gasteiger partial charge in [0.05, 0.1) is 24.0 Å². The molecule has 0 spiro atoms. The van der Waals surface area contributed by atoms with Crippen molar-refractivity contribution in [2.45, 2.75) is 26.4 Å². The number of amides is 1. The van der Waals surface area contributed by atoms with E-state index in [2.05, 4.69) is 10.4 Å². The quantitative estimate of drug-likeness (QED) is 0.749. The Balaban J connectivity index is 1.69. The van der Waals surface area contributed by atoms with Gasteiger partial charge >= 0.3 is 0 Å². The maximum atomic E-state index is 12.4. The second-order valence-corrected chi connectivity index (χ2v) is 6.29. The van der Waals surface area contributed by atoms with Crippen molar-refractivity contribution in [3.8, 4) is 5.69 Å². The van der Waals surface area contributed by atoms with Crippen molar-refractivity contribution in [3.05, 3.63) is 71.4 Å². The van der Waals surface area contributed by atoms with Gasteiger partial charge in [0.25, 0.3) is 5.91 Å². The summed E-state index contributed by atoms with van der Waals surface area (Å²) in [6.07, 6.45) is 3.16. The summed E-state index contributed by atoms with van der Waals surface area (Å²) < 4.78 is 7.09. The van der Waals surface area contributed by atoms with Crippen LogP contribution in [-0.4, -0.2) is 27.3 Å². The summed E-state index contributed by atoms with van der Waals surface area (Å²) in [5.41, 5.74) is 0.760. The Morgan fingerprint density at radius 2 is 2.04 bits per heavy atom. The fourth-order valence-corrected chi connectivity index (χ4v) is 2.78. The van der Waals surface area contributed by atoms with E-state index in [1.807, 2.05) is 37.3 Å². The number of benzene rings is 1. The second-order valence-electron chi connectivity index (χ2n) is 6.29. The SMILES string of the molecule is Cc1cc([C@](C)(O)CNC(=O)c2cnn(-c3ccccc3)c2)c(C)o1. The highest BCUT2D eigenvalue weighted by Crippen LogP contribution is 2.26. The first-order valence-corrected chi connectivity index (χ1v) is 8.05. The lowest BCUT2D eigenvalue weighted by molar-refractivity contribution is 0.0514. The van der Waals surface area contributed by atoms with Gasteiger partial charge < -0.3 is 14.8 Å². The minimum absolute atomic E-state index is 0.0716. The molecule has 6 heteroatoms. The number of furan rings is 1. The van der Waals surface area contributed by atoms with Crippen molar-refractivity contribution in [1.82, 2.24) is 15.1 Å². The first kappa shape index (κ1) is 17.0. The van der Waals surface area contributed by atoms with Crippen LogP contribution >= 0.6 is 0 Å². The maximum Gasteiger partial charge on any atom is 0.254 e. The van der Waals surface area contributed by atoms with E-state index in [1.165, 1.54) is 6.20 Å². The minimum atomic E-state index is -1.22. The summed E-state index contributed by atoms with van der Waals surface area (Å²) in [6.45, 7) is 5.34. The molecule has 0 saturated carbocycles. The summed E-state index contributed by atoms with van der Waals surface area (Å²) in [6, 6.07) is 11.3. The lowest BCUT2D eigenvalue weighted by Crippen LogP contribution is -2.38. The summed E-state index contributed by atoms with van der Waals surface area (Å²) >= 11 is 0. The van der Waals surface area contributed by atoms with Crippen molar-refractivity contribution in [2.75, 3.05) is 6.54 Å².